The molecule has 0 aliphatic rings. The molecule has 0 aromatic carbocycles. The largest absolute Gasteiger partial charge is 0.434 e. The number of anilines is 1. The Kier molecular flexibility index (Phi) is 7.78. The van der Waals surface area contributed by atoms with Gasteiger partial charge in [0.25, 0.3) is 0 Å². The second-order valence-corrected chi connectivity index (χ2v) is 6.68. The number of pyridine rings is 1. The number of halogens is 3. The quantitative estimate of drug-likeness (QED) is 0.455. The van der Waals surface area contributed by atoms with Crippen LogP contribution < -0.4 is 21.4 Å². The van der Waals surface area contributed by atoms with E-state index in [0.717, 1.165) is 11.3 Å². The second kappa shape index (κ2) is 9.85. The highest BCUT2D eigenvalue weighted by atomic mass is 32.1. The van der Waals surface area contributed by atoms with Gasteiger partial charge in [0.2, 0.25) is 0 Å². The second-order valence-electron chi connectivity index (χ2n) is 5.60. The number of amides is 2. The zero-order chi connectivity index (χ0) is 20.7. The number of nitrogens with one attached hydrogen (secondary N) is 3. The summed E-state index contributed by atoms with van der Waals surface area (Å²) in [5.41, 5.74) is -0.546. The smallest absolute Gasteiger partial charge is 0.383 e. The monoisotopic (exact) mass is 413 g/mol. The van der Waals surface area contributed by atoms with E-state index < -0.39 is 17.9 Å². The number of aromatic nitrogens is 2. The fourth-order valence-electron chi connectivity index (χ4n) is 2.22. The van der Waals surface area contributed by atoms with Crippen molar-refractivity contribution in [1.82, 2.24) is 20.6 Å². The molecule has 0 bridgehead atoms. The van der Waals surface area contributed by atoms with E-state index in [0.29, 0.717) is 19.7 Å². The third kappa shape index (κ3) is 5.91. The lowest BCUT2D eigenvalue weighted by Crippen LogP contribution is -2.28. The molecule has 0 fully saturated rings. The van der Waals surface area contributed by atoms with Crippen LogP contribution in [0, 0.1) is 0 Å². The van der Waals surface area contributed by atoms with Crippen LogP contribution in [0.1, 0.15) is 17.5 Å². The van der Waals surface area contributed by atoms with Crippen molar-refractivity contribution in [2.45, 2.75) is 19.6 Å². The number of hydrogen-bond donors (Lipinski definition) is 3. The molecule has 0 saturated carbocycles. The maximum absolute atomic E-state index is 13.4. The summed E-state index contributed by atoms with van der Waals surface area (Å²) in [6, 6.07) is 0.912. The lowest BCUT2D eigenvalue weighted by Gasteiger charge is -2.08. The number of alkyl halides is 3. The molecule has 0 aliphatic heterocycles. The van der Waals surface area contributed by atoms with Gasteiger partial charge >= 0.3 is 12.2 Å². The topological polar surface area (TPSA) is 88.2 Å². The van der Waals surface area contributed by atoms with Gasteiger partial charge in [-0.15, -0.1) is 11.3 Å². The number of rotatable bonds is 8. The highest BCUT2D eigenvalue weighted by molar-refractivity contribution is 7.15. The van der Waals surface area contributed by atoms with E-state index in [1.165, 1.54) is 19.4 Å². The van der Waals surface area contributed by atoms with E-state index in [1.807, 2.05) is 0 Å². The van der Waals surface area contributed by atoms with Crippen molar-refractivity contribution in [3.8, 4) is 10.6 Å². The molecule has 7 nitrogen and oxygen atoms in total. The molecule has 0 spiro atoms. The third-order valence-corrected chi connectivity index (χ3v) is 4.57. The molecule has 0 unspecified atom stereocenters. The average Bonchev–Trinajstić information content (AvgIpc) is 3.05. The van der Waals surface area contributed by atoms with Crippen molar-refractivity contribution in [3.63, 3.8) is 0 Å². The van der Waals surface area contributed by atoms with Crippen LogP contribution in [0.15, 0.2) is 12.3 Å². The van der Waals surface area contributed by atoms with Crippen LogP contribution in [0.3, 0.4) is 0 Å². The van der Waals surface area contributed by atoms with E-state index in [1.54, 1.807) is 6.92 Å². The molecular formula is C16H19BF3N5O2S. The summed E-state index contributed by atoms with van der Waals surface area (Å²) in [5.74, 6) is 0.152. The Bertz CT molecular complexity index is 816. The molecule has 12 heteroatoms. The van der Waals surface area contributed by atoms with Crippen LogP contribution in [-0.4, -0.2) is 50.7 Å². The van der Waals surface area contributed by atoms with Crippen molar-refractivity contribution in [1.29, 1.82) is 0 Å². The van der Waals surface area contributed by atoms with Crippen LogP contribution >= 0.6 is 11.3 Å². The Balaban J connectivity index is 2.33. The van der Waals surface area contributed by atoms with Gasteiger partial charge in [-0.25, -0.2) is 14.8 Å². The minimum absolute atomic E-state index is 0.00906. The minimum atomic E-state index is -4.60. The molecule has 2 rings (SSSR count). The number of carbonyl (C=O) groups excluding carboxylic acids is 1. The summed E-state index contributed by atoms with van der Waals surface area (Å²) in [6.07, 6.45) is -3.33. The van der Waals surface area contributed by atoms with Crippen molar-refractivity contribution >= 4 is 36.5 Å². The van der Waals surface area contributed by atoms with Crippen LogP contribution in [-0.2, 0) is 17.5 Å². The van der Waals surface area contributed by atoms with Crippen LogP contribution in [0.2, 0.25) is 0 Å². The number of ether oxygens (including phenoxy) is 1. The van der Waals surface area contributed by atoms with E-state index in [-0.39, 0.29) is 33.3 Å². The van der Waals surface area contributed by atoms with E-state index in [4.69, 9.17) is 12.6 Å². The molecule has 2 aromatic heterocycles. The molecule has 3 N–H and O–H groups in total. The van der Waals surface area contributed by atoms with Gasteiger partial charge < -0.3 is 15.4 Å². The number of urea groups is 1. The number of nitrogens with zero attached hydrogens (tertiary/aromatic N) is 2. The highest BCUT2D eigenvalue weighted by Gasteiger charge is 2.37. The lowest BCUT2D eigenvalue weighted by atomic mass is 9.93. The van der Waals surface area contributed by atoms with Gasteiger partial charge in [0.1, 0.15) is 18.7 Å². The molecule has 2 radical (unpaired) electrons. The summed E-state index contributed by atoms with van der Waals surface area (Å²) < 4.78 is 45.0. The maximum Gasteiger partial charge on any atom is 0.434 e. The molecule has 0 saturated heterocycles. The highest BCUT2D eigenvalue weighted by Crippen LogP contribution is 2.37. The summed E-state index contributed by atoms with van der Waals surface area (Å²) in [6.45, 7) is 2.93. The Morgan fingerprint density at radius 3 is 2.79 bits per heavy atom. The molecule has 0 aliphatic carbocycles. The molecule has 150 valence electrons. The molecule has 2 heterocycles. The summed E-state index contributed by atoms with van der Waals surface area (Å²) in [4.78, 5) is 19.4. The minimum Gasteiger partial charge on any atom is -0.383 e. The first-order valence-electron chi connectivity index (χ1n) is 8.33. The Morgan fingerprint density at radius 2 is 2.14 bits per heavy atom. The standard InChI is InChI=1S/C16H19BF3N5O2S/c1-3-22-15(26)24-12-6-9(10(17)7-23-12)14-25-13(16(18,19)20)11(28-14)8-21-4-5-27-2/h6-7,21H,3-5,8H2,1-2H3,(H2,22,23,24,26). The fraction of sp³-hybridized carbons (Fsp3) is 0.438. The lowest BCUT2D eigenvalue weighted by molar-refractivity contribution is -0.141. The predicted octanol–water partition coefficient (Wildman–Crippen LogP) is 1.90. The summed E-state index contributed by atoms with van der Waals surface area (Å²) >= 11 is 0.879. The molecular weight excluding hydrogens is 394 g/mol. The van der Waals surface area contributed by atoms with E-state index in [2.05, 4.69) is 25.9 Å². The zero-order valence-electron chi connectivity index (χ0n) is 15.3. The van der Waals surface area contributed by atoms with Gasteiger partial charge in [0.05, 0.1) is 11.5 Å². The Morgan fingerprint density at radius 1 is 1.39 bits per heavy atom. The SMILES string of the molecule is [B]c1cnc(NC(=O)NCC)cc1-c1nc(C(F)(F)F)c(CNCCOC)s1. The van der Waals surface area contributed by atoms with Gasteiger partial charge in [0.15, 0.2) is 5.69 Å². The van der Waals surface area contributed by atoms with Crippen LogP contribution in [0.25, 0.3) is 10.6 Å². The van der Waals surface area contributed by atoms with Gasteiger partial charge in [-0.1, -0.05) is 5.46 Å². The first-order valence-corrected chi connectivity index (χ1v) is 9.15. The normalized spacial score (nSPS) is 11.5. The molecule has 28 heavy (non-hydrogen) atoms. The summed E-state index contributed by atoms with van der Waals surface area (Å²) in [5, 5.41) is 8.00. The van der Waals surface area contributed by atoms with Crippen molar-refractivity contribution in [3.05, 3.63) is 22.8 Å². The Labute approximate surface area is 165 Å². The molecule has 2 amide bonds. The van der Waals surface area contributed by atoms with Crippen molar-refractivity contribution in [2.24, 2.45) is 0 Å². The van der Waals surface area contributed by atoms with Gasteiger partial charge in [0, 0.05) is 38.5 Å². The number of hydrogen-bond acceptors (Lipinski definition) is 6. The average molecular weight is 413 g/mol. The number of carbonyl (C=O) groups is 1. The van der Waals surface area contributed by atoms with Gasteiger partial charge in [-0.3, -0.25) is 5.32 Å². The molecule has 0 atom stereocenters. The fourth-order valence-corrected chi connectivity index (χ4v) is 3.31. The van der Waals surface area contributed by atoms with E-state index >= 15 is 0 Å². The van der Waals surface area contributed by atoms with Crippen LogP contribution in [0.4, 0.5) is 23.8 Å². The van der Waals surface area contributed by atoms with Gasteiger partial charge in [-0.05, 0) is 13.0 Å². The summed E-state index contributed by atoms with van der Waals surface area (Å²) in [7, 11) is 7.39. The zero-order valence-corrected chi connectivity index (χ0v) is 16.1. The maximum atomic E-state index is 13.4. The van der Waals surface area contributed by atoms with Crippen molar-refractivity contribution in [2.75, 3.05) is 32.1 Å². The number of methoxy groups -OCH3 is 1. The first kappa shape index (κ1) is 22.1. The van der Waals surface area contributed by atoms with Crippen LogP contribution in [0.5, 0.6) is 0 Å². The third-order valence-electron chi connectivity index (χ3n) is 3.48. The van der Waals surface area contributed by atoms with Gasteiger partial charge in [-0.2, -0.15) is 13.2 Å². The first-order chi connectivity index (χ1) is 13.3. The Hall–Kier alpha value is -2.18. The molecule has 2 aromatic rings. The van der Waals surface area contributed by atoms with E-state index in [9.17, 15) is 18.0 Å². The predicted molar refractivity (Wildman–Crippen MR) is 102 cm³/mol. The number of thiazole rings is 1. The van der Waals surface area contributed by atoms with Crippen molar-refractivity contribution < 1.29 is 22.7 Å².